The van der Waals surface area contributed by atoms with Gasteiger partial charge in [-0.1, -0.05) is 47.0 Å². The van der Waals surface area contributed by atoms with Crippen molar-refractivity contribution in [3.63, 3.8) is 0 Å². The number of hydrogen-bond donors (Lipinski definition) is 1. The van der Waals surface area contributed by atoms with Crippen molar-refractivity contribution in [1.82, 2.24) is 0 Å². The van der Waals surface area contributed by atoms with E-state index in [-0.39, 0.29) is 17.0 Å². The molecule has 0 aromatic rings. The van der Waals surface area contributed by atoms with Crippen molar-refractivity contribution in [2.45, 2.75) is 79.6 Å². The molecule has 0 heterocycles. The predicted octanol–water partition coefficient (Wildman–Crippen LogP) is 5.05. The van der Waals surface area contributed by atoms with E-state index in [0.29, 0.717) is 12.5 Å². The van der Waals surface area contributed by atoms with Crippen LogP contribution in [0.3, 0.4) is 0 Å². The van der Waals surface area contributed by atoms with E-state index in [0.717, 1.165) is 25.8 Å². The van der Waals surface area contributed by atoms with Gasteiger partial charge in [0.2, 0.25) is 0 Å². The molecule has 2 unspecified atom stereocenters. The molecule has 0 spiro atoms. The lowest BCUT2D eigenvalue weighted by Gasteiger charge is -2.36. The molecule has 0 bridgehead atoms. The van der Waals surface area contributed by atoms with Crippen molar-refractivity contribution in [3.8, 4) is 0 Å². The lowest BCUT2D eigenvalue weighted by atomic mass is 9.70. The molecule has 1 aliphatic rings. The Kier molecular flexibility index (Phi) is 8.65. The van der Waals surface area contributed by atoms with Crippen molar-refractivity contribution >= 4 is 17.4 Å². The SMILES string of the molecule is CCCCC(CC)CN=C1CC(C(=N)C(=O)OCC)CC(C)(C)C1. The average molecular weight is 337 g/mol. The summed E-state index contributed by atoms with van der Waals surface area (Å²) in [6.07, 6.45) is 7.49. The van der Waals surface area contributed by atoms with Crippen LogP contribution in [0.25, 0.3) is 0 Å². The zero-order valence-electron chi connectivity index (χ0n) is 16.3. The van der Waals surface area contributed by atoms with Gasteiger partial charge in [0.05, 0.1) is 6.61 Å². The highest BCUT2D eigenvalue weighted by Crippen LogP contribution is 2.38. The van der Waals surface area contributed by atoms with E-state index in [2.05, 4.69) is 27.7 Å². The summed E-state index contributed by atoms with van der Waals surface area (Å²) in [6.45, 7) is 11.9. The maximum atomic E-state index is 11.9. The number of nitrogens with zero attached hydrogens (tertiary/aromatic N) is 1. The van der Waals surface area contributed by atoms with Crippen LogP contribution in [0.2, 0.25) is 0 Å². The number of nitrogens with one attached hydrogen (secondary N) is 1. The van der Waals surface area contributed by atoms with Gasteiger partial charge in [0, 0.05) is 18.2 Å². The zero-order valence-corrected chi connectivity index (χ0v) is 16.3. The van der Waals surface area contributed by atoms with Crippen LogP contribution in [0.15, 0.2) is 4.99 Å². The van der Waals surface area contributed by atoms with Gasteiger partial charge in [-0.3, -0.25) is 10.4 Å². The molecule has 0 aromatic carbocycles. The molecule has 24 heavy (non-hydrogen) atoms. The van der Waals surface area contributed by atoms with E-state index in [1.165, 1.54) is 31.4 Å². The fourth-order valence-corrected chi connectivity index (χ4v) is 3.60. The number of rotatable bonds is 9. The number of carbonyl (C=O) groups is 1. The van der Waals surface area contributed by atoms with E-state index in [4.69, 9.17) is 15.1 Å². The molecule has 1 rings (SSSR count). The van der Waals surface area contributed by atoms with Gasteiger partial charge in [0.15, 0.2) is 0 Å². The summed E-state index contributed by atoms with van der Waals surface area (Å²) in [6, 6.07) is 0. The summed E-state index contributed by atoms with van der Waals surface area (Å²) in [7, 11) is 0. The summed E-state index contributed by atoms with van der Waals surface area (Å²) in [4.78, 5) is 16.8. The summed E-state index contributed by atoms with van der Waals surface area (Å²) < 4.78 is 5.02. The molecule has 1 N–H and O–H groups in total. The van der Waals surface area contributed by atoms with Crippen molar-refractivity contribution < 1.29 is 9.53 Å². The molecule has 0 aliphatic heterocycles. The van der Waals surface area contributed by atoms with Gasteiger partial charge in [-0.15, -0.1) is 0 Å². The first-order chi connectivity index (χ1) is 11.3. The van der Waals surface area contributed by atoms with Crippen LogP contribution >= 0.6 is 0 Å². The van der Waals surface area contributed by atoms with Crippen molar-refractivity contribution in [1.29, 1.82) is 5.41 Å². The van der Waals surface area contributed by atoms with Gasteiger partial charge in [0.25, 0.3) is 0 Å². The molecule has 0 saturated heterocycles. The highest BCUT2D eigenvalue weighted by molar-refractivity contribution is 6.36. The molecule has 0 radical (unpaired) electrons. The Morgan fingerprint density at radius 3 is 2.67 bits per heavy atom. The fraction of sp³-hybridized carbons (Fsp3) is 0.850. The molecular formula is C20H36N2O2. The van der Waals surface area contributed by atoms with Gasteiger partial charge < -0.3 is 4.74 Å². The Morgan fingerprint density at radius 2 is 2.08 bits per heavy atom. The normalized spacial score (nSPS) is 23.0. The molecule has 2 atom stereocenters. The van der Waals surface area contributed by atoms with Crippen molar-refractivity contribution in [3.05, 3.63) is 0 Å². The van der Waals surface area contributed by atoms with Crippen molar-refractivity contribution in [2.75, 3.05) is 13.2 Å². The summed E-state index contributed by atoms with van der Waals surface area (Å²) in [5.74, 6) is 0.140. The molecule has 1 fully saturated rings. The Balaban J connectivity index is 2.75. The van der Waals surface area contributed by atoms with Crippen LogP contribution < -0.4 is 0 Å². The van der Waals surface area contributed by atoms with E-state index >= 15 is 0 Å². The third kappa shape index (κ3) is 6.74. The van der Waals surface area contributed by atoms with Crippen LogP contribution in [-0.4, -0.2) is 30.5 Å². The number of aliphatic imine (C=N–C) groups is 1. The quantitative estimate of drug-likeness (QED) is 0.473. The number of ether oxygens (including phenoxy) is 1. The number of hydrogen-bond acceptors (Lipinski definition) is 4. The van der Waals surface area contributed by atoms with Gasteiger partial charge in [0.1, 0.15) is 5.71 Å². The first-order valence-corrected chi connectivity index (χ1v) is 9.60. The Hall–Kier alpha value is -1.19. The average Bonchev–Trinajstić information content (AvgIpc) is 2.53. The maximum Gasteiger partial charge on any atom is 0.352 e. The fourth-order valence-electron chi connectivity index (χ4n) is 3.60. The zero-order chi connectivity index (χ0) is 18.2. The van der Waals surface area contributed by atoms with Gasteiger partial charge >= 0.3 is 5.97 Å². The smallest absolute Gasteiger partial charge is 0.352 e. The van der Waals surface area contributed by atoms with E-state index in [9.17, 15) is 4.79 Å². The third-order valence-electron chi connectivity index (χ3n) is 4.98. The van der Waals surface area contributed by atoms with Crippen LogP contribution in [0.4, 0.5) is 0 Å². The molecular weight excluding hydrogens is 300 g/mol. The third-order valence-corrected chi connectivity index (χ3v) is 4.98. The minimum Gasteiger partial charge on any atom is -0.462 e. The van der Waals surface area contributed by atoms with Gasteiger partial charge in [-0.2, -0.15) is 0 Å². The highest BCUT2D eigenvalue weighted by atomic mass is 16.5. The summed E-state index contributed by atoms with van der Waals surface area (Å²) in [5.41, 5.74) is 1.39. The Bertz CT molecular complexity index is 455. The number of esters is 1. The van der Waals surface area contributed by atoms with Gasteiger partial charge in [-0.05, 0) is 43.9 Å². The molecule has 1 saturated carbocycles. The molecule has 4 heteroatoms. The Labute approximate surface area is 148 Å². The second-order valence-corrected chi connectivity index (χ2v) is 7.90. The molecule has 138 valence electrons. The molecule has 0 aromatic heterocycles. The summed E-state index contributed by atoms with van der Waals surface area (Å²) >= 11 is 0. The first-order valence-electron chi connectivity index (χ1n) is 9.60. The lowest BCUT2D eigenvalue weighted by molar-refractivity contribution is -0.135. The van der Waals surface area contributed by atoms with Crippen LogP contribution in [0.5, 0.6) is 0 Å². The number of unbranched alkanes of at least 4 members (excludes halogenated alkanes) is 1. The minimum atomic E-state index is -0.464. The van der Waals surface area contributed by atoms with E-state index in [1.807, 2.05) is 0 Å². The van der Waals surface area contributed by atoms with Crippen LogP contribution in [-0.2, 0) is 9.53 Å². The highest BCUT2D eigenvalue weighted by Gasteiger charge is 2.36. The first kappa shape index (κ1) is 20.9. The number of carbonyl (C=O) groups excluding carboxylic acids is 1. The second kappa shape index (κ2) is 9.95. The monoisotopic (exact) mass is 336 g/mol. The maximum absolute atomic E-state index is 11.9. The molecule has 4 nitrogen and oxygen atoms in total. The van der Waals surface area contributed by atoms with Crippen LogP contribution in [0.1, 0.15) is 79.6 Å². The molecule has 1 aliphatic carbocycles. The van der Waals surface area contributed by atoms with Gasteiger partial charge in [-0.25, -0.2) is 4.79 Å². The predicted molar refractivity (Wildman–Crippen MR) is 101 cm³/mol. The second-order valence-electron chi connectivity index (χ2n) is 7.90. The summed E-state index contributed by atoms with van der Waals surface area (Å²) in [5, 5.41) is 8.17. The minimum absolute atomic E-state index is 0.0535. The van der Waals surface area contributed by atoms with Crippen LogP contribution in [0, 0.1) is 22.7 Å². The molecule has 0 amide bonds. The standard InChI is InChI=1S/C20H36N2O2/c1-6-9-10-15(7-2)14-22-17-11-16(12-20(4,5)13-17)18(21)19(23)24-8-3/h15-16,21H,6-14H2,1-5H3. The Morgan fingerprint density at radius 1 is 1.38 bits per heavy atom. The van der Waals surface area contributed by atoms with Crippen molar-refractivity contribution in [2.24, 2.45) is 22.2 Å². The van der Waals surface area contributed by atoms with E-state index in [1.54, 1.807) is 6.92 Å². The lowest BCUT2D eigenvalue weighted by Crippen LogP contribution is -2.36. The topological polar surface area (TPSA) is 62.5 Å². The largest absolute Gasteiger partial charge is 0.462 e. The van der Waals surface area contributed by atoms with E-state index < -0.39 is 5.97 Å².